The topological polar surface area (TPSA) is 0 Å². The molecule has 1 aliphatic rings. The Kier molecular flexibility index (Phi) is 1.86. The maximum atomic E-state index is 13.1. The first-order valence-corrected chi connectivity index (χ1v) is 4.58. The molecule has 2 rings (SSSR count). The lowest BCUT2D eigenvalue weighted by atomic mass is 9.99. The zero-order valence-corrected chi connectivity index (χ0v) is 7.61. The van der Waals surface area contributed by atoms with Crippen LogP contribution in [0.25, 0.3) is 0 Å². The Morgan fingerprint density at radius 3 is 2.69 bits per heavy atom. The molecular formula is C11H12F2. The second-order valence-corrected chi connectivity index (χ2v) is 3.69. The lowest BCUT2D eigenvalue weighted by molar-refractivity contribution is 0.0166. The zero-order valence-electron chi connectivity index (χ0n) is 7.61. The number of hydrogen-bond acceptors (Lipinski definition) is 0. The zero-order chi connectivity index (χ0) is 9.47. The molecule has 0 fully saturated rings. The Morgan fingerprint density at radius 1 is 1.23 bits per heavy atom. The summed E-state index contributed by atoms with van der Waals surface area (Å²) in [5.74, 6) is -2.68. The summed E-state index contributed by atoms with van der Waals surface area (Å²) in [5.41, 5.74) is 2.22. The van der Waals surface area contributed by atoms with Crippen LogP contribution in [0.4, 0.5) is 8.78 Å². The summed E-state index contributed by atoms with van der Waals surface area (Å²) in [6.07, 6.45) is 2.79. The van der Waals surface area contributed by atoms with Gasteiger partial charge >= 0.3 is 0 Å². The number of aryl methyl sites for hydroxylation is 1. The SMILES string of the molecule is CC(F)(F)c1cccc2c1CCC2. The predicted molar refractivity (Wildman–Crippen MR) is 48.0 cm³/mol. The summed E-state index contributed by atoms with van der Waals surface area (Å²) >= 11 is 0. The molecule has 1 aromatic carbocycles. The van der Waals surface area contributed by atoms with E-state index in [-0.39, 0.29) is 5.56 Å². The Bertz CT molecular complexity index is 323. The molecule has 0 amide bonds. The molecule has 0 saturated heterocycles. The molecule has 0 nitrogen and oxygen atoms in total. The fraction of sp³-hybridized carbons (Fsp3) is 0.455. The summed E-state index contributed by atoms with van der Waals surface area (Å²) in [7, 11) is 0. The molecular weight excluding hydrogens is 170 g/mol. The van der Waals surface area contributed by atoms with Gasteiger partial charge in [-0.2, -0.15) is 0 Å². The van der Waals surface area contributed by atoms with Gasteiger partial charge in [0.15, 0.2) is 0 Å². The maximum absolute atomic E-state index is 13.1. The summed E-state index contributed by atoms with van der Waals surface area (Å²) in [4.78, 5) is 0. The van der Waals surface area contributed by atoms with Gasteiger partial charge in [-0.1, -0.05) is 18.2 Å². The van der Waals surface area contributed by atoms with Crippen molar-refractivity contribution in [1.82, 2.24) is 0 Å². The van der Waals surface area contributed by atoms with Crippen LogP contribution in [0.15, 0.2) is 18.2 Å². The van der Waals surface area contributed by atoms with Crippen LogP contribution >= 0.6 is 0 Å². The lowest BCUT2D eigenvalue weighted by Gasteiger charge is -2.14. The van der Waals surface area contributed by atoms with Gasteiger partial charge in [-0.15, -0.1) is 0 Å². The predicted octanol–water partition coefficient (Wildman–Crippen LogP) is 3.29. The van der Waals surface area contributed by atoms with Gasteiger partial charge in [0.2, 0.25) is 0 Å². The van der Waals surface area contributed by atoms with Crippen LogP contribution in [0.2, 0.25) is 0 Å². The van der Waals surface area contributed by atoms with Gasteiger partial charge in [0.1, 0.15) is 0 Å². The van der Waals surface area contributed by atoms with Crippen molar-refractivity contribution in [1.29, 1.82) is 0 Å². The third-order valence-electron chi connectivity index (χ3n) is 2.62. The lowest BCUT2D eigenvalue weighted by Crippen LogP contribution is -2.10. The molecule has 0 bridgehead atoms. The minimum Gasteiger partial charge on any atom is -0.202 e. The van der Waals surface area contributed by atoms with Crippen molar-refractivity contribution in [2.75, 3.05) is 0 Å². The van der Waals surface area contributed by atoms with Crippen molar-refractivity contribution < 1.29 is 8.78 Å². The van der Waals surface area contributed by atoms with Crippen LogP contribution in [0, 0.1) is 0 Å². The second-order valence-electron chi connectivity index (χ2n) is 3.69. The van der Waals surface area contributed by atoms with E-state index < -0.39 is 5.92 Å². The molecule has 1 aliphatic carbocycles. The third-order valence-corrected chi connectivity index (χ3v) is 2.62. The molecule has 13 heavy (non-hydrogen) atoms. The van der Waals surface area contributed by atoms with E-state index in [1.807, 2.05) is 6.07 Å². The van der Waals surface area contributed by atoms with E-state index in [2.05, 4.69) is 0 Å². The molecule has 0 saturated carbocycles. The summed E-state index contributed by atoms with van der Waals surface area (Å²) < 4.78 is 26.2. The molecule has 1 aromatic rings. The first-order chi connectivity index (χ1) is 6.09. The molecule has 0 N–H and O–H groups in total. The minimum atomic E-state index is -2.68. The van der Waals surface area contributed by atoms with Crippen LogP contribution in [0.3, 0.4) is 0 Å². The van der Waals surface area contributed by atoms with E-state index >= 15 is 0 Å². The van der Waals surface area contributed by atoms with E-state index in [0.717, 1.165) is 37.3 Å². The second kappa shape index (κ2) is 2.79. The molecule has 70 valence electrons. The highest BCUT2D eigenvalue weighted by Gasteiger charge is 2.29. The van der Waals surface area contributed by atoms with E-state index in [4.69, 9.17) is 0 Å². The Labute approximate surface area is 76.6 Å². The van der Waals surface area contributed by atoms with Crippen molar-refractivity contribution in [2.45, 2.75) is 32.1 Å². The third kappa shape index (κ3) is 1.45. The van der Waals surface area contributed by atoms with Crippen molar-refractivity contribution in [2.24, 2.45) is 0 Å². The van der Waals surface area contributed by atoms with Gasteiger partial charge in [0.25, 0.3) is 5.92 Å². The smallest absolute Gasteiger partial charge is 0.202 e. The number of alkyl halides is 2. The number of fused-ring (bicyclic) bond motifs is 1. The van der Waals surface area contributed by atoms with Gasteiger partial charge in [0, 0.05) is 12.5 Å². The largest absolute Gasteiger partial charge is 0.270 e. The van der Waals surface area contributed by atoms with Crippen LogP contribution < -0.4 is 0 Å². The van der Waals surface area contributed by atoms with Crippen molar-refractivity contribution >= 4 is 0 Å². The maximum Gasteiger partial charge on any atom is 0.270 e. The van der Waals surface area contributed by atoms with E-state index in [9.17, 15) is 8.78 Å². The van der Waals surface area contributed by atoms with E-state index in [1.54, 1.807) is 12.1 Å². The summed E-state index contributed by atoms with van der Waals surface area (Å²) in [6.45, 7) is 0.973. The van der Waals surface area contributed by atoms with E-state index in [1.165, 1.54) is 0 Å². The monoisotopic (exact) mass is 182 g/mol. The minimum absolute atomic E-state index is 0.225. The standard InChI is InChI=1S/C11H12F2/c1-11(12,13)10-7-3-5-8-4-2-6-9(8)10/h3,5,7H,2,4,6H2,1H3. The first-order valence-electron chi connectivity index (χ1n) is 4.58. The van der Waals surface area contributed by atoms with Gasteiger partial charge in [-0.05, 0) is 30.4 Å². The Balaban J connectivity index is 2.54. The van der Waals surface area contributed by atoms with Gasteiger partial charge in [0.05, 0.1) is 0 Å². The number of halogens is 2. The molecule has 0 atom stereocenters. The molecule has 0 heterocycles. The molecule has 0 aliphatic heterocycles. The molecule has 0 spiro atoms. The van der Waals surface area contributed by atoms with Crippen molar-refractivity contribution in [3.63, 3.8) is 0 Å². The van der Waals surface area contributed by atoms with E-state index in [0.29, 0.717) is 0 Å². The quantitative estimate of drug-likeness (QED) is 0.625. The molecule has 2 heteroatoms. The van der Waals surface area contributed by atoms with Gasteiger partial charge in [-0.25, -0.2) is 8.78 Å². The molecule has 0 aromatic heterocycles. The van der Waals surface area contributed by atoms with Crippen molar-refractivity contribution in [3.8, 4) is 0 Å². The van der Waals surface area contributed by atoms with Gasteiger partial charge < -0.3 is 0 Å². The Hall–Kier alpha value is -0.920. The van der Waals surface area contributed by atoms with Gasteiger partial charge in [-0.3, -0.25) is 0 Å². The van der Waals surface area contributed by atoms with Crippen LogP contribution in [0.1, 0.15) is 30.0 Å². The van der Waals surface area contributed by atoms with Crippen LogP contribution in [-0.2, 0) is 18.8 Å². The average molecular weight is 182 g/mol. The highest BCUT2D eigenvalue weighted by atomic mass is 19.3. The highest BCUT2D eigenvalue weighted by molar-refractivity contribution is 5.40. The number of hydrogen-bond donors (Lipinski definition) is 0. The molecule has 0 unspecified atom stereocenters. The molecule has 0 radical (unpaired) electrons. The number of benzene rings is 1. The summed E-state index contributed by atoms with van der Waals surface area (Å²) in [5, 5.41) is 0. The Morgan fingerprint density at radius 2 is 2.00 bits per heavy atom. The summed E-state index contributed by atoms with van der Waals surface area (Å²) in [6, 6.07) is 5.23. The average Bonchev–Trinajstić information content (AvgIpc) is 2.48. The van der Waals surface area contributed by atoms with Crippen LogP contribution in [-0.4, -0.2) is 0 Å². The first kappa shape index (κ1) is 8.67. The van der Waals surface area contributed by atoms with Crippen LogP contribution in [0.5, 0.6) is 0 Å². The fourth-order valence-corrected chi connectivity index (χ4v) is 2.03. The normalized spacial score (nSPS) is 15.9. The highest BCUT2D eigenvalue weighted by Crippen LogP contribution is 2.35. The number of rotatable bonds is 1. The fourth-order valence-electron chi connectivity index (χ4n) is 2.03. The van der Waals surface area contributed by atoms with Crippen molar-refractivity contribution in [3.05, 3.63) is 34.9 Å².